The van der Waals surface area contributed by atoms with E-state index in [4.69, 9.17) is 0 Å². The van der Waals surface area contributed by atoms with Gasteiger partial charge in [0.05, 0.1) is 5.69 Å². The molecule has 1 aliphatic rings. The van der Waals surface area contributed by atoms with Gasteiger partial charge in [-0.1, -0.05) is 6.92 Å². The zero-order chi connectivity index (χ0) is 12.3. The Labute approximate surface area is 105 Å². The minimum atomic E-state index is 0.754. The van der Waals surface area contributed by atoms with Gasteiger partial charge in [-0.25, -0.2) is 0 Å². The molecule has 0 aliphatic heterocycles. The maximum Gasteiger partial charge on any atom is 0.0596 e. The Morgan fingerprint density at radius 3 is 2.94 bits per heavy atom. The molecule has 0 saturated heterocycles. The molecule has 2 unspecified atom stereocenters. The molecule has 3 heteroatoms. The lowest BCUT2D eigenvalue weighted by Gasteiger charge is -2.12. The quantitative estimate of drug-likeness (QED) is 0.850. The fraction of sp³-hybridized carbons (Fsp3) is 0.786. The highest BCUT2D eigenvalue weighted by Gasteiger charge is 2.24. The first-order chi connectivity index (χ1) is 8.22. The molecule has 17 heavy (non-hydrogen) atoms. The molecule has 1 heterocycles. The van der Waals surface area contributed by atoms with E-state index in [0.717, 1.165) is 30.7 Å². The van der Waals surface area contributed by atoms with E-state index in [1.54, 1.807) is 0 Å². The third kappa shape index (κ3) is 3.09. The minimum absolute atomic E-state index is 0.754. The van der Waals surface area contributed by atoms with Crippen molar-refractivity contribution in [3.63, 3.8) is 0 Å². The summed E-state index contributed by atoms with van der Waals surface area (Å²) in [5.74, 6) is 0.848. The number of rotatable bonds is 5. The Morgan fingerprint density at radius 2 is 2.24 bits per heavy atom. The van der Waals surface area contributed by atoms with Gasteiger partial charge in [-0.15, -0.1) is 0 Å². The molecule has 0 bridgehead atoms. The lowest BCUT2D eigenvalue weighted by Crippen LogP contribution is -2.26. The van der Waals surface area contributed by atoms with Crippen molar-refractivity contribution in [2.24, 2.45) is 5.92 Å². The second-order valence-electron chi connectivity index (χ2n) is 5.23. The van der Waals surface area contributed by atoms with Gasteiger partial charge in [0, 0.05) is 18.3 Å². The summed E-state index contributed by atoms with van der Waals surface area (Å²) in [5.41, 5.74) is 2.58. The summed E-state index contributed by atoms with van der Waals surface area (Å²) in [5, 5.41) is 8.10. The van der Waals surface area contributed by atoms with E-state index in [2.05, 4.69) is 41.9 Å². The van der Waals surface area contributed by atoms with Gasteiger partial charge in [-0.05, 0) is 58.1 Å². The van der Waals surface area contributed by atoms with Crippen LogP contribution in [-0.2, 0) is 13.0 Å². The third-order valence-corrected chi connectivity index (χ3v) is 3.82. The van der Waals surface area contributed by atoms with Crippen molar-refractivity contribution in [3.05, 3.63) is 17.5 Å². The van der Waals surface area contributed by atoms with Gasteiger partial charge in [-0.3, -0.25) is 4.68 Å². The van der Waals surface area contributed by atoms with Crippen LogP contribution in [0.25, 0.3) is 0 Å². The molecule has 0 amide bonds. The summed E-state index contributed by atoms with van der Waals surface area (Å²) in [6, 6.07) is 3.01. The Hall–Kier alpha value is -0.830. The number of nitrogens with zero attached hydrogens (tertiary/aromatic N) is 2. The summed E-state index contributed by atoms with van der Waals surface area (Å²) in [7, 11) is 0. The molecule has 0 radical (unpaired) electrons. The molecule has 1 aliphatic carbocycles. The van der Waals surface area contributed by atoms with Crippen LogP contribution in [0.5, 0.6) is 0 Å². The first-order valence-electron chi connectivity index (χ1n) is 6.99. The molecule has 3 nitrogen and oxygen atoms in total. The topological polar surface area (TPSA) is 29.9 Å². The molecule has 96 valence electrons. The van der Waals surface area contributed by atoms with E-state index in [-0.39, 0.29) is 0 Å². The van der Waals surface area contributed by atoms with E-state index < -0.39 is 0 Å². The smallest absolute Gasteiger partial charge is 0.0596 e. The molecule has 2 rings (SSSR count). The first kappa shape index (κ1) is 12.6. The summed E-state index contributed by atoms with van der Waals surface area (Å²) >= 11 is 0. The second-order valence-corrected chi connectivity index (χ2v) is 5.23. The molecular weight excluding hydrogens is 210 g/mol. The number of hydrogen-bond donors (Lipinski definition) is 1. The second kappa shape index (κ2) is 5.67. The molecule has 1 aromatic heterocycles. The van der Waals surface area contributed by atoms with Crippen LogP contribution in [-0.4, -0.2) is 22.4 Å². The average molecular weight is 235 g/mol. The maximum absolute atomic E-state index is 4.53. The number of aryl methyl sites for hydroxylation is 2. The molecule has 1 N–H and O–H groups in total. The largest absolute Gasteiger partial charge is 0.314 e. The Balaban J connectivity index is 1.93. The third-order valence-electron chi connectivity index (χ3n) is 3.82. The van der Waals surface area contributed by atoms with Crippen molar-refractivity contribution >= 4 is 0 Å². The molecule has 1 saturated carbocycles. The predicted molar refractivity (Wildman–Crippen MR) is 71.1 cm³/mol. The number of hydrogen-bond acceptors (Lipinski definition) is 2. The molecular formula is C14H25N3. The van der Waals surface area contributed by atoms with Gasteiger partial charge in [0.1, 0.15) is 0 Å². The SMILES string of the molecule is CCNC1CCC(Cc2cc(C)nn2CC)C1. The molecule has 0 aromatic carbocycles. The fourth-order valence-electron chi connectivity index (χ4n) is 3.07. The van der Waals surface area contributed by atoms with E-state index >= 15 is 0 Å². The normalized spacial score (nSPS) is 24.4. The Kier molecular flexibility index (Phi) is 4.21. The lowest BCUT2D eigenvalue weighted by molar-refractivity contribution is 0.476. The summed E-state index contributed by atoms with van der Waals surface area (Å²) in [4.78, 5) is 0. The van der Waals surface area contributed by atoms with Crippen LogP contribution in [0.4, 0.5) is 0 Å². The van der Waals surface area contributed by atoms with E-state index in [1.807, 2.05) is 0 Å². The highest BCUT2D eigenvalue weighted by Crippen LogP contribution is 2.28. The van der Waals surface area contributed by atoms with Crippen molar-refractivity contribution in [3.8, 4) is 0 Å². The zero-order valence-electron chi connectivity index (χ0n) is 11.4. The zero-order valence-corrected chi connectivity index (χ0v) is 11.4. The monoisotopic (exact) mass is 235 g/mol. The minimum Gasteiger partial charge on any atom is -0.314 e. The average Bonchev–Trinajstić information content (AvgIpc) is 2.87. The van der Waals surface area contributed by atoms with Crippen LogP contribution in [0.3, 0.4) is 0 Å². The first-order valence-corrected chi connectivity index (χ1v) is 6.99. The fourth-order valence-corrected chi connectivity index (χ4v) is 3.07. The standard InChI is InChI=1S/C14H25N3/c1-4-15-13-7-6-12(9-13)10-14-8-11(3)16-17(14)5-2/h8,12-13,15H,4-7,9-10H2,1-3H3. The summed E-state index contributed by atoms with van der Waals surface area (Å²) in [6.45, 7) is 8.55. The van der Waals surface area contributed by atoms with Crippen molar-refractivity contribution in [2.75, 3.05) is 6.54 Å². The summed E-state index contributed by atoms with van der Waals surface area (Å²) in [6.07, 6.45) is 5.25. The number of aromatic nitrogens is 2. The molecule has 0 spiro atoms. The maximum atomic E-state index is 4.53. The van der Waals surface area contributed by atoms with Crippen LogP contribution in [0, 0.1) is 12.8 Å². The van der Waals surface area contributed by atoms with Gasteiger partial charge < -0.3 is 5.32 Å². The van der Waals surface area contributed by atoms with E-state index in [1.165, 1.54) is 31.4 Å². The van der Waals surface area contributed by atoms with Crippen molar-refractivity contribution in [2.45, 2.75) is 59.0 Å². The van der Waals surface area contributed by atoms with Crippen LogP contribution < -0.4 is 5.32 Å². The van der Waals surface area contributed by atoms with Gasteiger partial charge in [0.2, 0.25) is 0 Å². The van der Waals surface area contributed by atoms with Gasteiger partial charge in [0.15, 0.2) is 0 Å². The molecule has 2 atom stereocenters. The Bertz CT molecular complexity index is 356. The Morgan fingerprint density at radius 1 is 1.41 bits per heavy atom. The summed E-state index contributed by atoms with van der Waals surface area (Å²) < 4.78 is 2.16. The van der Waals surface area contributed by atoms with Crippen LogP contribution in [0.15, 0.2) is 6.07 Å². The van der Waals surface area contributed by atoms with Crippen molar-refractivity contribution in [1.29, 1.82) is 0 Å². The van der Waals surface area contributed by atoms with Crippen LogP contribution in [0.2, 0.25) is 0 Å². The van der Waals surface area contributed by atoms with Gasteiger partial charge in [0.25, 0.3) is 0 Å². The highest BCUT2D eigenvalue weighted by molar-refractivity contribution is 5.10. The van der Waals surface area contributed by atoms with Crippen molar-refractivity contribution in [1.82, 2.24) is 15.1 Å². The van der Waals surface area contributed by atoms with Crippen molar-refractivity contribution < 1.29 is 0 Å². The van der Waals surface area contributed by atoms with Gasteiger partial charge in [-0.2, -0.15) is 5.10 Å². The molecule has 1 aromatic rings. The predicted octanol–water partition coefficient (Wildman–Crippen LogP) is 2.53. The lowest BCUT2D eigenvalue weighted by atomic mass is 10.0. The van der Waals surface area contributed by atoms with Crippen LogP contribution >= 0.6 is 0 Å². The molecule has 1 fully saturated rings. The van der Waals surface area contributed by atoms with Gasteiger partial charge >= 0.3 is 0 Å². The van der Waals surface area contributed by atoms with E-state index in [9.17, 15) is 0 Å². The highest BCUT2D eigenvalue weighted by atomic mass is 15.3. The van der Waals surface area contributed by atoms with E-state index in [0.29, 0.717) is 0 Å². The number of nitrogens with one attached hydrogen (secondary N) is 1. The van der Waals surface area contributed by atoms with Crippen LogP contribution in [0.1, 0.15) is 44.5 Å².